The van der Waals surface area contributed by atoms with Crippen LogP contribution in [0.2, 0.25) is 0 Å². The number of nitrogens with zero attached hydrogens (tertiary/aromatic N) is 7. The van der Waals surface area contributed by atoms with Gasteiger partial charge in [-0.1, -0.05) is 30.3 Å². The molecule has 1 aliphatic heterocycles. The number of carbonyl (C=O) groups is 1. The van der Waals surface area contributed by atoms with Gasteiger partial charge in [0.15, 0.2) is 0 Å². The molecule has 2 aromatic heterocycles. The molecule has 1 fully saturated rings. The maximum atomic E-state index is 12.7. The van der Waals surface area contributed by atoms with Gasteiger partial charge in [0, 0.05) is 30.9 Å². The third kappa shape index (κ3) is 3.15. The van der Waals surface area contributed by atoms with E-state index in [0.717, 1.165) is 30.5 Å². The highest BCUT2D eigenvalue weighted by molar-refractivity contribution is 5.76. The van der Waals surface area contributed by atoms with Crippen molar-refractivity contribution in [3.63, 3.8) is 0 Å². The Morgan fingerprint density at radius 3 is 2.88 bits per heavy atom. The van der Waals surface area contributed by atoms with Gasteiger partial charge in [0.25, 0.3) is 0 Å². The summed E-state index contributed by atoms with van der Waals surface area (Å²) in [6.45, 7) is 0.842. The lowest BCUT2D eigenvalue weighted by molar-refractivity contribution is -0.133. The van der Waals surface area contributed by atoms with E-state index in [2.05, 4.69) is 20.5 Å². The Bertz CT molecular complexity index is 870. The van der Waals surface area contributed by atoms with E-state index in [4.69, 9.17) is 0 Å². The van der Waals surface area contributed by atoms with Gasteiger partial charge in [-0.15, -0.1) is 10.2 Å². The van der Waals surface area contributed by atoms with Crippen LogP contribution in [0, 0.1) is 0 Å². The zero-order valence-corrected chi connectivity index (χ0v) is 14.0. The quantitative estimate of drug-likeness (QED) is 0.719. The number of hydrogen-bond acceptors (Lipinski definition) is 5. The highest BCUT2D eigenvalue weighted by atomic mass is 16.2. The second-order valence-corrected chi connectivity index (χ2v) is 6.20. The van der Waals surface area contributed by atoms with E-state index in [1.165, 1.54) is 4.80 Å². The van der Waals surface area contributed by atoms with Crippen molar-refractivity contribution in [2.75, 3.05) is 6.54 Å². The normalized spacial score (nSPS) is 17.2. The summed E-state index contributed by atoms with van der Waals surface area (Å²) in [5.41, 5.74) is 1.96. The van der Waals surface area contributed by atoms with Gasteiger partial charge in [0.1, 0.15) is 6.54 Å². The van der Waals surface area contributed by atoms with Crippen LogP contribution in [0.1, 0.15) is 24.4 Å². The minimum absolute atomic E-state index is 0.00312. The smallest absolute Gasteiger partial charge is 0.246 e. The van der Waals surface area contributed by atoms with E-state index >= 15 is 0 Å². The van der Waals surface area contributed by atoms with Gasteiger partial charge in [-0.3, -0.25) is 9.48 Å². The summed E-state index contributed by atoms with van der Waals surface area (Å²) in [6.07, 6.45) is 5.75. The Morgan fingerprint density at radius 1 is 1.28 bits per heavy atom. The topological polar surface area (TPSA) is 81.7 Å². The number of aryl methyl sites for hydroxylation is 1. The van der Waals surface area contributed by atoms with Crippen LogP contribution < -0.4 is 0 Å². The van der Waals surface area contributed by atoms with E-state index < -0.39 is 0 Å². The number of tetrazole rings is 1. The first kappa shape index (κ1) is 15.5. The van der Waals surface area contributed by atoms with Crippen LogP contribution in [0.3, 0.4) is 0 Å². The summed E-state index contributed by atoms with van der Waals surface area (Å²) in [4.78, 5) is 16.0. The molecule has 1 saturated heterocycles. The summed E-state index contributed by atoms with van der Waals surface area (Å²) in [6, 6.07) is 9.69. The highest BCUT2D eigenvalue weighted by Gasteiger charge is 2.31. The lowest BCUT2D eigenvalue weighted by atomic mass is 10.1. The average molecular weight is 337 g/mol. The highest BCUT2D eigenvalue weighted by Crippen LogP contribution is 2.31. The van der Waals surface area contributed by atoms with E-state index in [1.54, 1.807) is 4.68 Å². The molecule has 0 unspecified atom stereocenters. The molecule has 8 nitrogen and oxygen atoms in total. The first-order chi connectivity index (χ1) is 12.2. The summed E-state index contributed by atoms with van der Waals surface area (Å²) in [5.74, 6) is 0.530. The van der Waals surface area contributed by atoms with Crippen molar-refractivity contribution in [3.8, 4) is 11.4 Å². The third-order valence-electron chi connectivity index (χ3n) is 4.44. The summed E-state index contributed by atoms with van der Waals surface area (Å²) in [7, 11) is 1.88. The molecule has 128 valence electrons. The third-order valence-corrected chi connectivity index (χ3v) is 4.44. The first-order valence-electron chi connectivity index (χ1n) is 8.32. The molecule has 3 heterocycles. The SMILES string of the molecule is Cn1cc([C@@H]2CCCN2C(=O)Cn2nnc(-c3ccccc3)n2)cn1. The molecule has 1 amide bonds. The van der Waals surface area contributed by atoms with E-state index in [0.29, 0.717) is 5.82 Å². The van der Waals surface area contributed by atoms with Crippen molar-refractivity contribution in [2.24, 2.45) is 7.05 Å². The van der Waals surface area contributed by atoms with E-state index in [-0.39, 0.29) is 18.5 Å². The molecule has 1 atom stereocenters. The second kappa shape index (κ2) is 6.46. The zero-order chi connectivity index (χ0) is 17.2. The van der Waals surface area contributed by atoms with Crippen molar-refractivity contribution in [1.29, 1.82) is 0 Å². The van der Waals surface area contributed by atoms with Crippen LogP contribution in [0.4, 0.5) is 0 Å². The minimum atomic E-state index is 0.00312. The van der Waals surface area contributed by atoms with Crippen molar-refractivity contribution in [2.45, 2.75) is 25.4 Å². The van der Waals surface area contributed by atoms with Crippen LogP contribution in [0.15, 0.2) is 42.7 Å². The van der Waals surface area contributed by atoms with Gasteiger partial charge in [-0.05, 0) is 18.1 Å². The van der Waals surface area contributed by atoms with Gasteiger partial charge in [-0.2, -0.15) is 9.90 Å². The number of likely N-dealkylation sites (tertiary alicyclic amines) is 1. The molecule has 0 radical (unpaired) electrons. The Morgan fingerprint density at radius 2 is 2.12 bits per heavy atom. The van der Waals surface area contributed by atoms with Gasteiger partial charge in [0.2, 0.25) is 11.7 Å². The van der Waals surface area contributed by atoms with E-state index in [9.17, 15) is 4.79 Å². The summed E-state index contributed by atoms with van der Waals surface area (Å²) in [5, 5.41) is 16.6. The van der Waals surface area contributed by atoms with E-state index in [1.807, 2.05) is 54.7 Å². The Hall–Kier alpha value is -3.03. The molecule has 0 aliphatic carbocycles. The number of rotatable bonds is 4. The molecule has 4 rings (SSSR count). The Labute approximate surface area is 145 Å². The molecule has 25 heavy (non-hydrogen) atoms. The fourth-order valence-corrected chi connectivity index (χ4v) is 3.25. The van der Waals surface area contributed by atoms with Gasteiger partial charge in [-0.25, -0.2) is 0 Å². The van der Waals surface area contributed by atoms with Crippen molar-refractivity contribution < 1.29 is 4.79 Å². The van der Waals surface area contributed by atoms with Gasteiger partial charge >= 0.3 is 0 Å². The van der Waals surface area contributed by atoms with Crippen LogP contribution in [-0.2, 0) is 18.4 Å². The monoisotopic (exact) mass is 337 g/mol. The van der Waals surface area contributed by atoms with Crippen molar-refractivity contribution in [3.05, 3.63) is 48.3 Å². The molecule has 0 saturated carbocycles. The summed E-state index contributed by atoms with van der Waals surface area (Å²) < 4.78 is 1.77. The standard InChI is InChI=1S/C17H19N7O/c1-22-11-14(10-18-22)15-8-5-9-23(15)16(25)12-24-20-17(19-21-24)13-6-3-2-4-7-13/h2-4,6-7,10-11,15H,5,8-9,12H2,1H3/t15-/m0/s1. The molecular formula is C17H19N7O. The molecule has 0 bridgehead atoms. The Balaban J connectivity index is 1.47. The Kier molecular flexibility index (Phi) is 4.01. The lowest BCUT2D eigenvalue weighted by Gasteiger charge is -2.23. The number of aromatic nitrogens is 6. The van der Waals surface area contributed by atoms with Crippen molar-refractivity contribution >= 4 is 5.91 Å². The molecule has 0 spiro atoms. The number of amides is 1. The van der Waals surface area contributed by atoms with Gasteiger partial charge in [0.05, 0.1) is 12.2 Å². The predicted octanol–water partition coefficient (Wildman–Crippen LogP) is 1.44. The van der Waals surface area contributed by atoms with Crippen LogP contribution in [0.5, 0.6) is 0 Å². The second-order valence-electron chi connectivity index (χ2n) is 6.20. The van der Waals surface area contributed by atoms with Crippen LogP contribution in [-0.4, -0.2) is 47.3 Å². The molecule has 1 aromatic carbocycles. The maximum Gasteiger partial charge on any atom is 0.246 e. The maximum absolute atomic E-state index is 12.7. The number of hydrogen-bond donors (Lipinski definition) is 0. The molecule has 8 heteroatoms. The minimum Gasteiger partial charge on any atom is -0.334 e. The van der Waals surface area contributed by atoms with Crippen molar-refractivity contribution in [1.82, 2.24) is 34.9 Å². The van der Waals surface area contributed by atoms with Gasteiger partial charge < -0.3 is 4.90 Å². The lowest BCUT2D eigenvalue weighted by Crippen LogP contribution is -2.33. The molecular weight excluding hydrogens is 318 g/mol. The molecule has 0 N–H and O–H groups in total. The number of carbonyl (C=O) groups excluding carboxylic acids is 1. The predicted molar refractivity (Wildman–Crippen MR) is 90.1 cm³/mol. The molecule has 1 aliphatic rings. The number of benzene rings is 1. The largest absolute Gasteiger partial charge is 0.334 e. The zero-order valence-electron chi connectivity index (χ0n) is 14.0. The van der Waals surface area contributed by atoms with Crippen LogP contribution in [0.25, 0.3) is 11.4 Å². The fourth-order valence-electron chi connectivity index (χ4n) is 3.25. The van der Waals surface area contributed by atoms with Crippen LogP contribution >= 0.6 is 0 Å². The average Bonchev–Trinajstić information content (AvgIpc) is 3.35. The fraction of sp³-hybridized carbons (Fsp3) is 0.353. The molecule has 3 aromatic rings. The summed E-state index contributed by atoms with van der Waals surface area (Å²) >= 11 is 0. The first-order valence-corrected chi connectivity index (χ1v) is 8.32.